The van der Waals surface area contributed by atoms with E-state index >= 15 is 0 Å². The van der Waals surface area contributed by atoms with E-state index in [2.05, 4.69) is 60.0 Å². The molecule has 2 rings (SSSR count). The first-order chi connectivity index (χ1) is 9.47. The van der Waals surface area contributed by atoms with Crippen molar-refractivity contribution in [1.82, 2.24) is 15.3 Å². The van der Waals surface area contributed by atoms with Crippen LogP contribution in [0.1, 0.15) is 44.2 Å². The Kier molecular flexibility index (Phi) is 5.29. The van der Waals surface area contributed by atoms with Crippen LogP contribution in [0.4, 0.5) is 0 Å². The highest BCUT2D eigenvalue weighted by Gasteiger charge is 2.15. The Morgan fingerprint density at radius 2 is 2.00 bits per heavy atom. The van der Waals surface area contributed by atoms with Gasteiger partial charge in [-0.15, -0.1) is 11.3 Å². The van der Waals surface area contributed by atoms with Crippen LogP contribution in [0.2, 0.25) is 0 Å². The first-order valence-electron chi connectivity index (χ1n) is 6.81. The summed E-state index contributed by atoms with van der Waals surface area (Å²) in [5.41, 5.74) is 2.26. The second-order valence-electron chi connectivity index (χ2n) is 5.41. The third-order valence-electron chi connectivity index (χ3n) is 2.90. The normalized spacial score (nSPS) is 11.6. The van der Waals surface area contributed by atoms with Crippen molar-refractivity contribution in [2.45, 2.75) is 46.2 Å². The molecule has 0 unspecified atom stereocenters. The lowest BCUT2D eigenvalue weighted by Crippen LogP contribution is -2.22. The molecule has 0 atom stereocenters. The molecule has 0 saturated carbocycles. The molecule has 2 aromatic heterocycles. The lowest BCUT2D eigenvalue weighted by molar-refractivity contribution is 0.588. The van der Waals surface area contributed by atoms with Crippen LogP contribution in [0.25, 0.3) is 10.6 Å². The fraction of sp³-hybridized carbons (Fsp3) is 0.467. The van der Waals surface area contributed by atoms with Gasteiger partial charge in [0.1, 0.15) is 5.01 Å². The molecule has 5 heteroatoms. The summed E-state index contributed by atoms with van der Waals surface area (Å²) >= 11 is 5.22. The average molecular weight is 354 g/mol. The lowest BCUT2D eigenvalue weighted by Gasteiger charge is -2.09. The number of halogens is 1. The summed E-state index contributed by atoms with van der Waals surface area (Å²) in [4.78, 5) is 10.4. The van der Waals surface area contributed by atoms with Gasteiger partial charge in [-0.2, -0.15) is 0 Å². The number of aromatic nitrogens is 2. The predicted molar refractivity (Wildman–Crippen MR) is 89.1 cm³/mol. The second kappa shape index (κ2) is 6.78. The Morgan fingerprint density at radius 3 is 2.60 bits per heavy atom. The maximum absolute atomic E-state index is 4.82. The highest BCUT2D eigenvalue weighted by Crippen LogP contribution is 2.32. The molecule has 0 aliphatic heterocycles. The van der Waals surface area contributed by atoms with Crippen LogP contribution in [-0.4, -0.2) is 16.0 Å². The second-order valence-corrected chi connectivity index (χ2v) is 7.41. The summed E-state index contributed by atoms with van der Waals surface area (Å²) in [5.74, 6) is 0.434. The fourth-order valence-corrected chi connectivity index (χ4v) is 3.40. The lowest BCUT2D eigenvalue weighted by atomic mass is 10.1. The Bertz CT molecular complexity index is 578. The van der Waals surface area contributed by atoms with E-state index in [1.807, 2.05) is 6.20 Å². The molecule has 108 valence electrons. The molecule has 0 aromatic carbocycles. The maximum atomic E-state index is 4.82. The molecule has 0 bridgehead atoms. The summed E-state index contributed by atoms with van der Waals surface area (Å²) in [6, 6.07) is 2.54. The zero-order chi connectivity index (χ0) is 14.7. The molecule has 0 aliphatic rings. The van der Waals surface area contributed by atoms with Crippen molar-refractivity contribution in [3.8, 4) is 10.6 Å². The van der Waals surface area contributed by atoms with Gasteiger partial charge < -0.3 is 5.32 Å². The van der Waals surface area contributed by atoms with Gasteiger partial charge in [-0.1, -0.05) is 27.7 Å². The first kappa shape index (κ1) is 15.6. The SMILES string of the molecule is CC(C)NCc1sc(-c2cncc(Br)c2)nc1C(C)C. The number of nitrogens with zero attached hydrogens (tertiary/aromatic N) is 2. The van der Waals surface area contributed by atoms with E-state index in [4.69, 9.17) is 4.98 Å². The summed E-state index contributed by atoms with van der Waals surface area (Å²) in [6.45, 7) is 9.59. The summed E-state index contributed by atoms with van der Waals surface area (Å²) in [5, 5.41) is 4.52. The number of hydrogen-bond donors (Lipinski definition) is 1. The quantitative estimate of drug-likeness (QED) is 0.853. The van der Waals surface area contributed by atoms with E-state index in [9.17, 15) is 0 Å². The van der Waals surface area contributed by atoms with E-state index in [1.54, 1.807) is 17.5 Å². The fourth-order valence-electron chi connectivity index (χ4n) is 1.89. The molecule has 2 aromatic rings. The molecule has 0 fully saturated rings. The van der Waals surface area contributed by atoms with Crippen molar-refractivity contribution >= 4 is 27.3 Å². The summed E-state index contributed by atoms with van der Waals surface area (Å²) in [6.07, 6.45) is 3.66. The Labute approximate surface area is 133 Å². The number of rotatable bonds is 5. The van der Waals surface area contributed by atoms with Gasteiger partial charge in [0, 0.05) is 39.9 Å². The summed E-state index contributed by atoms with van der Waals surface area (Å²) < 4.78 is 0.984. The van der Waals surface area contributed by atoms with Gasteiger partial charge in [-0.05, 0) is 27.9 Å². The van der Waals surface area contributed by atoms with Crippen LogP contribution in [0.5, 0.6) is 0 Å². The molecule has 2 heterocycles. The van der Waals surface area contributed by atoms with Gasteiger partial charge in [0.2, 0.25) is 0 Å². The highest BCUT2D eigenvalue weighted by molar-refractivity contribution is 9.10. The molecular formula is C15H20BrN3S. The van der Waals surface area contributed by atoms with Crippen molar-refractivity contribution in [2.75, 3.05) is 0 Å². The van der Waals surface area contributed by atoms with Gasteiger partial charge in [0.15, 0.2) is 0 Å². The smallest absolute Gasteiger partial charge is 0.125 e. The largest absolute Gasteiger partial charge is 0.310 e. The molecule has 0 radical (unpaired) electrons. The van der Waals surface area contributed by atoms with Crippen LogP contribution in [0.3, 0.4) is 0 Å². The number of thiazole rings is 1. The number of nitrogens with one attached hydrogen (secondary N) is 1. The van der Waals surface area contributed by atoms with Crippen molar-refractivity contribution in [3.63, 3.8) is 0 Å². The van der Waals surface area contributed by atoms with Crippen molar-refractivity contribution in [1.29, 1.82) is 0 Å². The first-order valence-corrected chi connectivity index (χ1v) is 8.42. The van der Waals surface area contributed by atoms with E-state index < -0.39 is 0 Å². The van der Waals surface area contributed by atoms with Crippen LogP contribution in [-0.2, 0) is 6.54 Å². The molecule has 20 heavy (non-hydrogen) atoms. The number of hydrogen-bond acceptors (Lipinski definition) is 4. The zero-order valence-electron chi connectivity index (χ0n) is 12.3. The molecule has 0 aliphatic carbocycles. The van der Waals surface area contributed by atoms with Crippen molar-refractivity contribution in [3.05, 3.63) is 33.5 Å². The molecule has 0 amide bonds. The number of pyridine rings is 1. The third kappa shape index (κ3) is 3.87. The minimum Gasteiger partial charge on any atom is -0.310 e. The minimum absolute atomic E-state index is 0.434. The van der Waals surface area contributed by atoms with E-state index in [1.165, 1.54) is 10.6 Å². The summed E-state index contributed by atoms with van der Waals surface area (Å²) in [7, 11) is 0. The van der Waals surface area contributed by atoms with E-state index in [0.717, 1.165) is 21.6 Å². The third-order valence-corrected chi connectivity index (χ3v) is 4.45. The van der Waals surface area contributed by atoms with Crippen molar-refractivity contribution < 1.29 is 0 Å². The van der Waals surface area contributed by atoms with Crippen molar-refractivity contribution in [2.24, 2.45) is 0 Å². The van der Waals surface area contributed by atoms with Crippen LogP contribution < -0.4 is 5.32 Å². The molecule has 0 saturated heterocycles. The minimum atomic E-state index is 0.434. The van der Waals surface area contributed by atoms with Gasteiger partial charge in [0.25, 0.3) is 0 Å². The Morgan fingerprint density at radius 1 is 1.25 bits per heavy atom. The van der Waals surface area contributed by atoms with Gasteiger partial charge in [-0.25, -0.2) is 4.98 Å². The average Bonchev–Trinajstić information content (AvgIpc) is 2.80. The monoisotopic (exact) mass is 353 g/mol. The molecular weight excluding hydrogens is 334 g/mol. The van der Waals surface area contributed by atoms with Crippen LogP contribution in [0, 0.1) is 0 Å². The Hall–Kier alpha value is -0.780. The van der Waals surface area contributed by atoms with E-state index in [0.29, 0.717) is 12.0 Å². The topological polar surface area (TPSA) is 37.8 Å². The Balaban J connectivity index is 2.33. The molecule has 1 N–H and O–H groups in total. The standard InChI is InChI=1S/C15H20BrN3S/c1-9(2)14-13(8-18-10(3)4)20-15(19-14)11-5-12(16)7-17-6-11/h5-7,9-10,18H,8H2,1-4H3. The van der Waals surface area contributed by atoms with Gasteiger partial charge in [0.05, 0.1) is 5.69 Å². The highest BCUT2D eigenvalue weighted by atomic mass is 79.9. The van der Waals surface area contributed by atoms with Crippen LogP contribution in [0.15, 0.2) is 22.9 Å². The van der Waals surface area contributed by atoms with Crippen LogP contribution >= 0.6 is 27.3 Å². The molecule has 3 nitrogen and oxygen atoms in total. The predicted octanol–water partition coefficient (Wildman–Crippen LogP) is 4.59. The maximum Gasteiger partial charge on any atom is 0.125 e. The van der Waals surface area contributed by atoms with E-state index in [-0.39, 0.29) is 0 Å². The van der Waals surface area contributed by atoms with Gasteiger partial charge >= 0.3 is 0 Å². The molecule has 0 spiro atoms. The zero-order valence-corrected chi connectivity index (χ0v) is 14.7. The van der Waals surface area contributed by atoms with Gasteiger partial charge in [-0.3, -0.25) is 4.98 Å².